The van der Waals surface area contributed by atoms with E-state index in [1.54, 1.807) is 0 Å². The Labute approximate surface area is 123 Å². The zero-order chi connectivity index (χ0) is 13.9. The first kappa shape index (κ1) is 14.7. The first-order valence-corrected chi connectivity index (χ1v) is 15.0. The van der Waals surface area contributed by atoms with Crippen molar-refractivity contribution in [2.24, 2.45) is 0 Å². The van der Waals surface area contributed by atoms with E-state index in [-0.39, 0.29) is 0 Å². The van der Waals surface area contributed by atoms with Gasteiger partial charge in [0.15, 0.2) is 0 Å². The third kappa shape index (κ3) is 3.24. The van der Waals surface area contributed by atoms with E-state index in [1.807, 2.05) is 6.08 Å². The molecule has 0 nitrogen and oxygen atoms in total. The quantitative estimate of drug-likeness (QED) is 0.562. The molecule has 0 saturated carbocycles. The van der Waals surface area contributed by atoms with Gasteiger partial charge in [-0.15, -0.1) is 0 Å². The predicted molar refractivity (Wildman–Crippen MR) is 88.2 cm³/mol. The van der Waals surface area contributed by atoms with Crippen molar-refractivity contribution in [2.45, 2.75) is 18.3 Å². The fraction of sp³-hybridized carbons (Fsp3) is 0.176. The van der Waals surface area contributed by atoms with Crippen molar-refractivity contribution in [3.05, 3.63) is 72.3 Å². The van der Waals surface area contributed by atoms with Gasteiger partial charge in [-0.05, 0) is 0 Å². The normalized spacial score (nSPS) is 11.3. The molecule has 0 unspecified atom stereocenters. The van der Waals surface area contributed by atoms with E-state index in [0.29, 0.717) is 0 Å². The van der Waals surface area contributed by atoms with Crippen molar-refractivity contribution in [3.63, 3.8) is 0 Å². The Morgan fingerprint density at radius 3 is 1.84 bits per heavy atom. The number of aryl methyl sites for hydroxylation is 2. The van der Waals surface area contributed by atoms with Crippen LogP contribution in [0.2, 0.25) is 4.44 Å². The summed E-state index contributed by atoms with van der Waals surface area (Å²) in [6.45, 7) is 8.15. The van der Waals surface area contributed by atoms with Crippen LogP contribution in [0.1, 0.15) is 11.1 Å². The van der Waals surface area contributed by atoms with Crippen molar-refractivity contribution in [1.82, 2.24) is 0 Å². The summed E-state index contributed by atoms with van der Waals surface area (Å²) in [5, 5.41) is 0. The van der Waals surface area contributed by atoms with Crippen LogP contribution in [0, 0.1) is 13.8 Å². The maximum absolute atomic E-state index is 7.17. The fourth-order valence-corrected chi connectivity index (χ4v) is 12.8. The van der Waals surface area contributed by atoms with Crippen LogP contribution in [0.25, 0.3) is 0 Å². The van der Waals surface area contributed by atoms with E-state index < -0.39 is 17.3 Å². The third-order valence-corrected chi connectivity index (χ3v) is 16.8. The molecule has 0 aliphatic heterocycles. The van der Waals surface area contributed by atoms with Crippen molar-refractivity contribution in [3.8, 4) is 0 Å². The molecule has 0 atom stereocenters. The van der Waals surface area contributed by atoms with E-state index in [9.17, 15) is 0 Å². The van der Waals surface area contributed by atoms with Gasteiger partial charge in [0, 0.05) is 0 Å². The minimum atomic E-state index is -3.07. The van der Waals surface area contributed by atoms with Gasteiger partial charge in [0.25, 0.3) is 0 Å². The van der Waals surface area contributed by atoms with Gasteiger partial charge in [0.1, 0.15) is 0 Å². The first-order valence-electron chi connectivity index (χ1n) is 6.50. The average Bonchev–Trinajstić information content (AvgIpc) is 2.39. The molecule has 2 aromatic carbocycles. The van der Waals surface area contributed by atoms with Crippen LogP contribution in [0.4, 0.5) is 0 Å². The van der Waals surface area contributed by atoms with Crippen LogP contribution >= 0.6 is 8.92 Å². The van der Waals surface area contributed by atoms with Crippen LogP contribution in [0.15, 0.2) is 61.2 Å². The number of hydrogen-bond acceptors (Lipinski definition) is 0. The van der Waals surface area contributed by atoms with E-state index in [1.165, 1.54) is 18.3 Å². The van der Waals surface area contributed by atoms with Gasteiger partial charge in [-0.1, -0.05) is 0 Å². The second-order valence-corrected chi connectivity index (χ2v) is 18.4. The molecule has 0 aliphatic carbocycles. The standard InChI is InChI=1S/2C7H7.C3H5.ClH.Sn/c2*1-7-5-3-2-4-6-7;1-3-2;;/h2*2-3,5-6H,1H3;3H,1-2H2;1H;/q;;;;+1/p-1. The molecule has 0 aromatic heterocycles. The number of allylic oxidation sites excluding steroid dienone is 1. The van der Waals surface area contributed by atoms with Gasteiger partial charge in [-0.3, -0.25) is 0 Å². The Kier molecular flexibility index (Phi) is 4.75. The number of rotatable bonds is 4. The number of halogens is 1. The van der Waals surface area contributed by atoms with Crippen LogP contribution in [0.5, 0.6) is 0 Å². The zero-order valence-electron chi connectivity index (χ0n) is 11.5. The summed E-state index contributed by atoms with van der Waals surface area (Å²) in [5.41, 5.74) is 2.55. The summed E-state index contributed by atoms with van der Waals surface area (Å²) in [5.74, 6) is 0. The van der Waals surface area contributed by atoms with Crippen molar-refractivity contribution >= 4 is 33.3 Å². The molecule has 98 valence electrons. The molecule has 0 saturated heterocycles. The monoisotopic (exact) mass is 378 g/mol. The summed E-state index contributed by atoms with van der Waals surface area (Å²) < 4.78 is 3.59. The fourth-order valence-electron chi connectivity index (χ4n) is 2.38. The Morgan fingerprint density at radius 1 is 1.00 bits per heavy atom. The topological polar surface area (TPSA) is 0 Å². The molecule has 0 amide bonds. The molecule has 2 rings (SSSR count). The molecule has 0 spiro atoms. The van der Waals surface area contributed by atoms with Gasteiger partial charge in [-0.25, -0.2) is 0 Å². The van der Waals surface area contributed by atoms with Crippen LogP contribution < -0.4 is 7.16 Å². The molecule has 0 bridgehead atoms. The van der Waals surface area contributed by atoms with Gasteiger partial charge >= 0.3 is 124 Å². The minimum absolute atomic E-state index is 0.920. The van der Waals surface area contributed by atoms with Crippen LogP contribution in [-0.4, -0.2) is 17.3 Å². The average molecular weight is 378 g/mol. The molecular formula is C17H19ClSn. The molecule has 0 heterocycles. The summed E-state index contributed by atoms with van der Waals surface area (Å²) >= 11 is -3.07. The number of benzene rings is 2. The molecule has 0 fully saturated rings. The second-order valence-electron chi connectivity index (χ2n) is 5.03. The molecule has 0 radical (unpaired) electrons. The maximum atomic E-state index is 7.17. The zero-order valence-corrected chi connectivity index (χ0v) is 15.1. The van der Waals surface area contributed by atoms with Gasteiger partial charge < -0.3 is 0 Å². The Balaban J connectivity index is 2.57. The van der Waals surface area contributed by atoms with Crippen molar-refractivity contribution in [1.29, 1.82) is 0 Å². The van der Waals surface area contributed by atoms with Gasteiger partial charge in [0.2, 0.25) is 0 Å². The SMILES string of the molecule is C=C[CH2][Sn]([Cl])([c]1cccc(C)c1)[c]1cccc(C)c1. The molecule has 2 aromatic rings. The summed E-state index contributed by atoms with van der Waals surface area (Å²) in [6, 6.07) is 17.3. The van der Waals surface area contributed by atoms with Gasteiger partial charge in [0.05, 0.1) is 0 Å². The Bertz CT molecular complexity index is 544. The molecule has 2 heteroatoms. The molecular weight excluding hydrogens is 358 g/mol. The van der Waals surface area contributed by atoms with Crippen LogP contribution in [0.3, 0.4) is 0 Å². The first-order chi connectivity index (χ1) is 9.06. The molecule has 0 aliphatic rings. The van der Waals surface area contributed by atoms with E-state index in [2.05, 4.69) is 69.0 Å². The Morgan fingerprint density at radius 2 is 1.47 bits per heavy atom. The summed E-state index contributed by atoms with van der Waals surface area (Å²) in [7, 11) is 7.17. The number of hydrogen-bond donors (Lipinski definition) is 0. The van der Waals surface area contributed by atoms with Crippen molar-refractivity contribution in [2.75, 3.05) is 0 Å². The second kappa shape index (κ2) is 6.15. The summed E-state index contributed by atoms with van der Waals surface area (Å²) in [4.78, 5) is 0. The summed E-state index contributed by atoms with van der Waals surface area (Å²) in [6.07, 6.45) is 1.98. The van der Waals surface area contributed by atoms with E-state index in [4.69, 9.17) is 8.92 Å². The van der Waals surface area contributed by atoms with Crippen LogP contribution in [-0.2, 0) is 0 Å². The van der Waals surface area contributed by atoms with E-state index >= 15 is 0 Å². The van der Waals surface area contributed by atoms with Gasteiger partial charge in [-0.2, -0.15) is 0 Å². The Hall–Kier alpha value is -0.731. The predicted octanol–water partition coefficient (Wildman–Crippen LogP) is 3.79. The van der Waals surface area contributed by atoms with Crippen molar-refractivity contribution < 1.29 is 0 Å². The van der Waals surface area contributed by atoms with E-state index in [0.717, 1.165) is 4.44 Å². The molecule has 19 heavy (non-hydrogen) atoms. The third-order valence-electron chi connectivity index (χ3n) is 3.38. The molecule has 0 N–H and O–H groups in total.